The van der Waals surface area contributed by atoms with Crippen LogP contribution in [0.4, 0.5) is 0 Å². The van der Waals surface area contributed by atoms with E-state index in [1.54, 1.807) is 0 Å². The van der Waals surface area contributed by atoms with E-state index < -0.39 is 5.41 Å². The molecule has 0 bridgehead atoms. The third-order valence-electron chi connectivity index (χ3n) is 13.2. The maximum absolute atomic E-state index is 6.73. The zero-order valence-corrected chi connectivity index (χ0v) is 34.6. The summed E-state index contributed by atoms with van der Waals surface area (Å²) in [4.78, 5) is 15.9. The summed E-state index contributed by atoms with van der Waals surface area (Å²) in [5, 5.41) is 6.83. The second kappa shape index (κ2) is 14.3. The SMILES string of the molecule is c1ccc(-c2nc(-c3ccc4oc5cc(-c6cccc7ccccc67)c6ccccc6c5c4c3)nc(-c3cccc4c3-c3ccccc3C4(c3ccccc3)c3ccccc3)n2)cc1. The molecule has 10 aromatic carbocycles. The maximum Gasteiger partial charge on any atom is 0.164 e. The zero-order chi connectivity index (χ0) is 42.2. The number of fused-ring (bicyclic) bond motifs is 9. The first-order valence-electron chi connectivity index (χ1n) is 21.8. The van der Waals surface area contributed by atoms with Gasteiger partial charge < -0.3 is 4.42 Å². The summed E-state index contributed by atoms with van der Waals surface area (Å²) in [6.45, 7) is 0. The van der Waals surface area contributed by atoms with E-state index >= 15 is 0 Å². The Morgan fingerprint density at radius 3 is 1.67 bits per heavy atom. The van der Waals surface area contributed by atoms with E-state index in [9.17, 15) is 0 Å². The van der Waals surface area contributed by atoms with Gasteiger partial charge in [0.2, 0.25) is 0 Å². The molecule has 0 spiro atoms. The van der Waals surface area contributed by atoms with Crippen molar-refractivity contribution in [2.45, 2.75) is 5.41 Å². The highest BCUT2D eigenvalue weighted by Gasteiger charge is 2.47. The summed E-state index contributed by atoms with van der Waals surface area (Å²) < 4.78 is 6.73. The zero-order valence-electron chi connectivity index (χ0n) is 34.6. The summed E-state index contributed by atoms with van der Waals surface area (Å²) in [5.41, 5.74) is 13.4. The summed E-state index contributed by atoms with van der Waals surface area (Å²) in [6, 6.07) is 79.7. The number of furan rings is 1. The van der Waals surface area contributed by atoms with Crippen LogP contribution in [-0.2, 0) is 5.41 Å². The van der Waals surface area contributed by atoms with Crippen LogP contribution in [0.5, 0.6) is 0 Å². The molecule has 0 fully saturated rings. The Morgan fingerprint density at radius 2 is 0.891 bits per heavy atom. The van der Waals surface area contributed by atoms with Gasteiger partial charge in [-0.2, -0.15) is 0 Å². The number of benzene rings is 10. The van der Waals surface area contributed by atoms with Crippen LogP contribution in [-0.4, -0.2) is 15.0 Å². The molecule has 13 rings (SSSR count). The molecule has 0 saturated carbocycles. The molecule has 0 radical (unpaired) electrons. The van der Waals surface area contributed by atoms with Crippen LogP contribution in [0, 0.1) is 0 Å². The fraction of sp³-hybridized carbons (Fsp3) is 0.0167. The fourth-order valence-electron chi connectivity index (χ4n) is 10.5. The van der Waals surface area contributed by atoms with Crippen molar-refractivity contribution >= 4 is 43.5 Å². The third-order valence-corrected chi connectivity index (χ3v) is 13.2. The van der Waals surface area contributed by atoms with Crippen molar-refractivity contribution in [3.8, 4) is 56.4 Å². The van der Waals surface area contributed by atoms with Gasteiger partial charge in [0.15, 0.2) is 17.5 Å². The second-order valence-corrected chi connectivity index (χ2v) is 16.6. The van der Waals surface area contributed by atoms with Crippen molar-refractivity contribution < 1.29 is 4.42 Å². The first kappa shape index (κ1) is 36.2. The van der Waals surface area contributed by atoms with Crippen LogP contribution in [0.2, 0.25) is 0 Å². The van der Waals surface area contributed by atoms with Crippen molar-refractivity contribution in [3.05, 3.63) is 247 Å². The summed E-state index contributed by atoms with van der Waals surface area (Å²) in [7, 11) is 0. The van der Waals surface area contributed by atoms with E-state index in [4.69, 9.17) is 19.4 Å². The van der Waals surface area contributed by atoms with E-state index in [0.29, 0.717) is 17.5 Å². The van der Waals surface area contributed by atoms with Crippen molar-refractivity contribution in [3.63, 3.8) is 0 Å². The largest absolute Gasteiger partial charge is 0.456 e. The summed E-state index contributed by atoms with van der Waals surface area (Å²) >= 11 is 0. The van der Waals surface area contributed by atoms with Crippen LogP contribution in [0.1, 0.15) is 22.3 Å². The highest BCUT2D eigenvalue weighted by Crippen LogP contribution is 2.58. The van der Waals surface area contributed by atoms with Crippen molar-refractivity contribution in [1.82, 2.24) is 15.0 Å². The van der Waals surface area contributed by atoms with Gasteiger partial charge in [-0.1, -0.05) is 200 Å². The predicted octanol–water partition coefficient (Wildman–Crippen LogP) is 15.1. The van der Waals surface area contributed by atoms with Crippen LogP contribution < -0.4 is 0 Å². The van der Waals surface area contributed by atoms with Gasteiger partial charge in [0.25, 0.3) is 0 Å². The number of nitrogens with zero attached hydrogens (tertiary/aromatic N) is 3. The lowest BCUT2D eigenvalue weighted by molar-refractivity contribution is 0.669. The van der Waals surface area contributed by atoms with Gasteiger partial charge in [0.05, 0.1) is 5.41 Å². The predicted molar refractivity (Wildman–Crippen MR) is 261 cm³/mol. The highest BCUT2D eigenvalue weighted by molar-refractivity contribution is 6.23. The lowest BCUT2D eigenvalue weighted by atomic mass is 9.67. The summed E-state index contributed by atoms with van der Waals surface area (Å²) in [5.74, 6) is 1.83. The second-order valence-electron chi connectivity index (χ2n) is 16.6. The number of hydrogen-bond donors (Lipinski definition) is 0. The van der Waals surface area contributed by atoms with Crippen molar-refractivity contribution in [2.75, 3.05) is 0 Å². The molecule has 0 N–H and O–H groups in total. The lowest BCUT2D eigenvalue weighted by Crippen LogP contribution is -2.28. The molecule has 0 unspecified atom stereocenters. The van der Waals surface area contributed by atoms with Crippen molar-refractivity contribution in [1.29, 1.82) is 0 Å². The topological polar surface area (TPSA) is 51.8 Å². The van der Waals surface area contributed by atoms with Crippen LogP contribution in [0.3, 0.4) is 0 Å². The minimum Gasteiger partial charge on any atom is -0.456 e. The minimum absolute atomic E-state index is 0.549. The lowest BCUT2D eigenvalue weighted by Gasteiger charge is -2.33. The summed E-state index contributed by atoms with van der Waals surface area (Å²) in [6.07, 6.45) is 0. The molecule has 1 aliphatic rings. The maximum atomic E-state index is 6.73. The Hall–Kier alpha value is -8.47. The molecular weight excluding hydrogens is 779 g/mol. The van der Waals surface area contributed by atoms with Crippen LogP contribution >= 0.6 is 0 Å². The minimum atomic E-state index is -0.549. The Balaban J connectivity index is 1.04. The molecule has 12 aromatic rings. The molecule has 4 nitrogen and oxygen atoms in total. The molecule has 4 heteroatoms. The Labute approximate surface area is 369 Å². The monoisotopic (exact) mass is 815 g/mol. The Kier molecular flexibility index (Phi) is 8.09. The number of hydrogen-bond acceptors (Lipinski definition) is 4. The van der Waals surface area contributed by atoms with Crippen molar-refractivity contribution in [2.24, 2.45) is 0 Å². The van der Waals surface area contributed by atoms with Crippen LogP contribution in [0.25, 0.3) is 99.9 Å². The van der Waals surface area contributed by atoms with E-state index in [1.165, 1.54) is 49.5 Å². The molecule has 0 atom stereocenters. The highest BCUT2D eigenvalue weighted by atomic mass is 16.3. The Morgan fingerprint density at radius 1 is 0.328 bits per heavy atom. The third kappa shape index (κ3) is 5.39. The van der Waals surface area contributed by atoms with Gasteiger partial charge in [-0.3, -0.25) is 0 Å². The molecule has 2 aromatic heterocycles. The van der Waals surface area contributed by atoms with E-state index in [-0.39, 0.29) is 0 Å². The van der Waals surface area contributed by atoms with E-state index in [2.05, 4.69) is 206 Å². The standard InChI is InChI=1S/C60H37N3O/c1-4-19-39(20-5-1)57-61-58(40-34-35-53-50(36-40)56-46-28-13-12-27-45(46)49(37-54(56)64-53)44-30-16-21-38-18-10-11-26-43(38)44)63-59(62-57)48-31-17-33-52-55(48)47-29-14-15-32-51(47)60(52,41-22-6-2-7-23-41)42-24-8-3-9-25-42/h1-37H. The fourth-order valence-corrected chi connectivity index (χ4v) is 10.5. The molecule has 0 amide bonds. The number of aromatic nitrogens is 3. The molecule has 64 heavy (non-hydrogen) atoms. The smallest absolute Gasteiger partial charge is 0.164 e. The average molecular weight is 816 g/mol. The quantitative estimate of drug-likeness (QED) is 0.168. The van der Waals surface area contributed by atoms with Gasteiger partial charge in [-0.15, -0.1) is 0 Å². The molecule has 298 valence electrons. The van der Waals surface area contributed by atoms with Gasteiger partial charge in [0.1, 0.15) is 11.2 Å². The van der Waals surface area contributed by atoms with Crippen LogP contribution in [0.15, 0.2) is 229 Å². The molecule has 2 heterocycles. The molecule has 1 aliphatic carbocycles. The van der Waals surface area contributed by atoms with Gasteiger partial charge in [-0.05, 0) is 90.3 Å². The van der Waals surface area contributed by atoms with Gasteiger partial charge >= 0.3 is 0 Å². The molecule has 0 aliphatic heterocycles. The molecular formula is C60H37N3O. The first-order valence-corrected chi connectivity index (χ1v) is 21.8. The normalized spacial score (nSPS) is 12.8. The van der Waals surface area contributed by atoms with E-state index in [0.717, 1.165) is 55.1 Å². The van der Waals surface area contributed by atoms with E-state index in [1.807, 2.05) is 18.2 Å². The average Bonchev–Trinajstić information content (AvgIpc) is 3.90. The molecule has 0 saturated heterocycles. The van der Waals surface area contributed by atoms with Gasteiger partial charge in [0, 0.05) is 27.5 Å². The van der Waals surface area contributed by atoms with Gasteiger partial charge in [-0.25, -0.2) is 15.0 Å². The number of rotatable bonds is 6. The first-order chi connectivity index (χ1) is 31.7. The Bertz CT molecular complexity index is 3740.